The summed E-state index contributed by atoms with van der Waals surface area (Å²) in [5.41, 5.74) is 5.52. The number of hydrogen-bond donors (Lipinski definition) is 0. The Hall–Kier alpha value is -0.600. The van der Waals surface area contributed by atoms with Gasteiger partial charge in [-0.1, -0.05) is 56.1 Å². The molecule has 3 rings (SSSR count). The van der Waals surface area contributed by atoms with Crippen LogP contribution in [0.1, 0.15) is 11.1 Å². The molecule has 2 aromatic rings. The fourth-order valence-electron chi connectivity index (χ4n) is 2.17. The zero-order valence-electron chi connectivity index (χ0n) is 7.93. The fraction of sp³-hybridized carbons (Fsp3) is 0.0769. The topological polar surface area (TPSA) is 0 Å². The molecule has 0 fully saturated rings. The summed E-state index contributed by atoms with van der Waals surface area (Å²) in [4.78, 5) is 0. The van der Waals surface area contributed by atoms with Crippen LogP contribution in [-0.2, 0) is 6.42 Å². The van der Waals surface area contributed by atoms with Crippen molar-refractivity contribution in [3.05, 3.63) is 56.5 Å². The Balaban J connectivity index is 2.37. The molecule has 0 atom stereocenters. The summed E-state index contributed by atoms with van der Waals surface area (Å²) in [7, 11) is 0. The van der Waals surface area contributed by atoms with Crippen molar-refractivity contribution in [2.45, 2.75) is 6.42 Å². The molecule has 0 aliphatic heterocycles. The molecule has 0 heterocycles. The maximum atomic E-state index is 3.63. The van der Waals surface area contributed by atoms with Gasteiger partial charge < -0.3 is 0 Å². The van der Waals surface area contributed by atoms with Crippen LogP contribution in [0.3, 0.4) is 0 Å². The first kappa shape index (κ1) is 9.61. The number of benzene rings is 2. The quantitative estimate of drug-likeness (QED) is 0.558. The van der Waals surface area contributed by atoms with Gasteiger partial charge in [0, 0.05) is 14.5 Å². The van der Waals surface area contributed by atoms with Gasteiger partial charge in [0.25, 0.3) is 0 Å². The summed E-state index contributed by atoms with van der Waals surface area (Å²) in [5, 5.41) is 0. The summed E-state index contributed by atoms with van der Waals surface area (Å²) in [5.74, 6) is 0. The standard InChI is InChI=1S/C13H8Br2/c14-11-5-6-12(15)13-9-4-2-1-3-8(9)7-10(11)13/h1-6H,7H2. The lowest BCUT2D eigenvalue weighted by atomic mass is 10.1. The molecule has 0 spiro atoms. The predicted molar refractivity (Wildman–Crippen MR) is 70.1 cm³/mol. The Bertz CT molecular complexity index is 544. The molecule has 0 amide bonds. The van der Waals surface area contributed by atoms with Gasteiger partial charge >= 0.3 is 0 Å². The van der Waals surface area contributed by atoms with E-state index in [0.29, 0.717) is 0 Å². The molecular weight excluding hydrogens is 316 g/mol. The zero-order chi connectivity index (χ0) is 10.4. The number of rotatable bonds is 0. The normalized spacial score (nSPS) is 12.4. The van der Waals surface area contributed by atoms with Crippen LogP contribution in [0, 0.1) is 0 Å². The van der Waals surface area contributed by atoms with Crippen LogP contribution in [0.15, 0.2) is 45.3 Å². The Morgan fingerprint density at radius 1 is 0.867 bits per heavy atom. The molecule has 0 N–H and O–H groups in total. The second-order valence-corrected chi connectivity index (χ2v) is 5.43. The highest BCUT2D eigenvalue weighted by molar-refractivity contribution is 9.11. The summed E-state index contributed by atoms with van der Waals surface area (Å²) in [6, 6.07) is 12.8. The van der Waals surface area contributed by atoms with E-state index in [-0.39, 0.29) is 0 Å². The molecule has 1 aliphatic carbocycles. The van der Waals surface area contributed by atoms with Crippen LogP contribution >= 0.6 is 31.9 Å². The summed E-state index contributed by atoms with van der Waals surface area (Å²) < 4.78 is 2.39. The molecule has 74 valence electrons. The Kier molecular flexibility index (Phi) is 2.22. The van der Waals surface area contributed by atoms with Crippen molar-refractivity contribution in [3.8, 4) is 11.1 Å². The van der Waals surface area contributed by atoms with E-state index in [4.69, 9.17) is 0 Å². The van der Waals surface area contributed by atoms with E-state index in [1.54, 1.807) is 0 Å². The van der Waals surface area contributed by atoms with Gasteiger partial charge in [0.05, 0.1) is 0 Å². The van der Waals surface area contributed by atoms with Gasteiger partial charge in [0.15, 0.2) is 0 Å². The van der Waals surface area contributed by atoms with E-state index in [2.05, 4.69) is 68.3 Å². The SMILES string of the molecule is Brc1ccc(Br)c2c1Cc1ccccc1-2. The fourth-order valence-corrected chi connectivity index (χ4v) is 3.22. The predicted octanol–water partition coefficient (Wildman–Crippen LogP) is 4.78. The Morgan fingerprint density at radius 3 is 2.47 bits per heavy atom. The first-order valence-electron chi connectivity index (χ1n) is 4.82. The van der Waals surface area contributed by atoms with E-state index < -0.39 is 0 Å². The molecule has 0 radical (unpaired) electrons. The van der Waals surface area contributed by atoms with Gasteiger partial charge in [-0.3, -0.25) is 0 Å². The van der Waals surface area contributed by atoms with E-state index >= 15 is 0 Å². The minimum Gasteiger partial charge on any atom is -0.0619 e. The second kappa shape index (κ2) is 3.46. The van der Waals surface area contributed by atoms with Gasteiger partial charge in [0.2, 0.25) is 0 Å². The van der Waals surface area contributed by atoms with Crippen LogP contribution in [0.4, 0.5) is 0 Å². The first-order valence-corrected chi connectivity index (χ1v) is 6.41. The lowest BCUT2D eigenvalue weighted by molar-refractivity contribution is 1.24. The van der Waals surface area contributed by atoms with Crippen LogP contribution in [-0.4, -0.2) is 0 Å². The molecule has 0 bridgehead atoms. The van der Waals surface area contributed by atoms with Crippen LogP contribution in [0.2, 0.25) is 0 Å². The van der Waals surface area contributed by atoms with E-state index in [1.165, 1.54) is 31.2 Å². The third-order valence-corrected chi connectivity index (χ3v) is 4.26. The molecular formula is C13H8Br2. The minimum absolute atomic E-state index is 1.03. The molecule has 1 aliphatic rings. The molecule has 0 nitrogen and oxygen atoms in total. The summed E-state index contributed by atoms with van der Waals surface area (Å²) in [6.45, 7) is 0. The first-order chi connectivity index (χ1) is 7.27. The summed E-state index contributed by atoms with van der Waals surface area (Å²) >= 11 is 7.25. The van der Waals surface area contributed by atoms with Crippen LogP contribution in [0.25, 0.3) is 11.1 Å². The van der Waals surface area contributed by atoms with Crippen molar-refractivity contribution in [1.29, 1.82) is 0 Å². The van der Waals surface area contributed by atoms with Crippen LogP contribution in [0.5, 0.6) is 0 Å². The molecule has 0 saturated heterocycles. The van der Waals surface area contributed by atoms with Gasteiger partial charge in [-0.25, -0.2) is 0 Å². The second-order valence-electron chi connectivity index (χ2n) is 3.72. The molecule has 0 unspecified atom stereocenters. The van der Waals surface area contributed by atoms with Crippen molar-refractivity contribution < 1.29 is 0 Å². The monoisotopic (exact) mass is 322 g/mol. The lowest BCUT2D eigenvalue weighted by Gasteiger charge is -2.05. The molecule has 0 saturated carbocycles. The van der Waals surface area contributed by atoms with E-state index in [9.17, 15) is 0 Å². The number of halogens is 2. The maximum Gasteiger partial charge on any atom is 0.0257 e. The summed E-state index contributed by atoms with van der Waals surface area (Å²) in [6.07, 6.45) is 1.03. The molecule has 15 heavy (non-hydrogen) atoms. The molecule has 2 heteroatoms. The number of hydrogen-bond acceptors (Lipinski definition) is 0. The van der Waals surface area contributed by atoms with E-state index in [0.717, 1.165) is 6.42 Å². The van der Waals surface area contributed by atoms with Gasteiger partial charge in [-0.05, 0) is 35.2 Å². The van der Waals surface area contributed by atoms with Crippen molar-refractivity contribution in [3.63, 3.8) is 0 Å². The average molecular weight is 324 g/mol. The van der Waals surface area contributed by atoms with Crippen LogP contribution < -0.4 is 0 Å². The molecule has 0 aromatic heterocycles. The lowest BCUT2D eigenvalue weighted by Crippen LogP contribution is -1.83. The van der Waals surface area contributed by atoms with Crippen molar-refractivity contribution in [1.82, 2.24) is 0 Å². The van der Waals surface area contributed by atoms with Crippen molar-refractivity contribution in [2.75, 3.05) is 0 Å². The van der Waals surface area contributed by atoms with Gasteiger partial charge in [-0.15, -0.1) is 0 Å². The largest absolute Gasteiger partial charge is 0.0619 e. The zero-order valence-corrected chi connectivity index (χ0v) is 11.1. The minimum atomic E-state index is 1.03. The van der Waals surface area contributed by atoms with Crippen molar-refractivity contribution in [2.24, 2.45) is 0 Å². The average Bonchev–Trinajstić information content (AvgIpc) is 2.64. The Labute approximate surface area is 106 Å². The highest BCUT2D eigenvalue weighted by Gasteiger charge is 2.21. The Morgan fingerprint density at radius 2 is 1.60 bits per heavy atom. The highest BCUT2D eigenvalue weighted by atomic mass is 79.9. The number of fused-ring (bicyclic) bond motifs is 3. The highest BCUT2D eigenvalue weighted by Crippen LogP contribution is 2.43. The van der Waals surface area contributed by atoms with Gasteiger partial charge in [-0.2, -0.15) is 0 Å². The van der Waals surface area contributed by atoms with E-state index in [1.807, 2.05) is 0 Å². The third kappa shape index (κ3) is 1.39. The maximum absolute atomic E-state index is 3.63. The smallest absolute Gasteiger partial charge is 0.0257 e. The molecule has 2 aromatic carbocycles. The van der Waals surface area contributed by atoms with Gasteiger partial charge in [0.1, 0.15) is 0 Å². The third-order valence-electron chi connectivity index (χ3n) is 2.86. The van der Waals surface area contributed by atoms with Crippen molar-refractivity contribution >= 4 is 31.9 Å².